The lowest BCUT2D eigenvalue weighted by Crippen LogP contribution is -2.59. The number of nitrogens with one attached hydrogen (secondary N) is 1. The molecule has 0 unspecified atom stereocenters. The van der Waals surface area contributed by atoms with E-state index in [2.05, 4.69) is 20.2 Å². The van der Waals surface area contributed by atoms with E-state index < -0.39 is 11.8 Å². The number of anilines is 1. The summed E-state index contributed by atoms with van der Waals surface area (Å²) < 4.78 is 4.97. The van der Waals surface area contributed by atoms with E-state index in [1.165, 1.54) is 19.5 Å². The van der Waals surface area contributed by atoms with Gasteiger partial charge in [0.25, 0.3) is 0 Å². The van der Waals surface area contributed by atoms with E-state index in [1.807, 2.05) is 6.92 Å². The molecule has 0 aromatic carbocycles. The first kappa shape index (κ1) is 16.6. The zero-order valence-corrected chi connectivity index (χ0v) is 14.1. The average Bonchev–Trinajstić information content (AvgIpc) is 3.07. The molecule has 8 nitrogen and oxygen atoms in total. The van der Waals surface area contributed by atoms with Crippen molar-refractivity contribution in [3.63, 3.8) is 0 Å². The molecule has 3 heterocycles. The van der Waals surface area contributed by atoms with Gasteiger partial charge in [0.2, 0.25) is 5.95 Å². The lowest BCUT2D eigenvalue weighted by Gasteiger charge is -2.43. The van der Waals surface area contributed by atoms with Gasteiger partial charge in [0.15, 0.2) is 5.75 Å². The van der Waals surface area contributed by atoms with E-state index >= 15 is 0 Å². The van der Waals surface area contributed by atoms with Crippen LogP contribution in [0.2, 0.25) is 0 Å². The van der Waals surface area contributed by atoms with E-state index in [-0.39, 0.29) is 12.0 Å². The van der Waals surface area contributed by atoms with Gasteiger partial charge < -0.3 is 9.64 Å². The maximum absolute atomic E-state index is 12.6. The second-order valence-electron chi connectivity index (χ2n) is 6.21. The molecule has 2 amide bonds. The largest absolute Gasteiger partial charge is 0.494 e. The van der Waals surface area contributed by atoms with Crippen molar-refractivity contribution in [3.8, 4) is 5.75 Å². The number of hydrogen-bond donors (Lipinski definition) is 1. The van der Waals surface area contributed by atoms with Gasteiger partial charge in [-0.3, -0.25) is 19.8 Å². The van der Waals surface area contributed by atoms with E-state index in [4.69, 9.17) is 4.74 Å². The third-order valence-electron chi connectivity index (χ3n) is 4.81. The fourth-order valence-corrected chi connectivity index (χ4v) is 3.46. The van der Waals surface area contributed by atoms with Crippen molar-refractivity contribution in [1.29, 1.82) is 0 Å². The number of rotatable bonds is 3. The number of methoxy groups -OCH3 is 1. The van der Waals surface area contributed by atoms with Gasteiger partial charge in [-0.05, 0) is 25.8 Å². The topological polar surface area (TPSA) is 87.7 Å². The fourth-order valence-electron chi connectivity index (χ4n) is 3.46. The normalized spacial score (nSPS) is 23.7. The van der Waals surface area contributed by atoms with Crippen LogP contribution >= 0.6 is 0 Å². The quantitative estimate of drug-likeness (QED) is 0.811. The van der Waals surface area contributed by atoms with E-state index in [1.54, 1.807) is 4.90 Å². The molecule has 0 radical (unpaired) electrons. The molecule has 2 fully saturated rings. The molecule has 2 saturated heterocycles. The first-order valence-electron chi connectivity index (χ1n) is 8.34. The van der Waals surface area contributed by atoms with Crippen LogP contribution in [0, 0.1) is 0 Å². The number of ether oxygens (including phenoxy) is 1. The summed E-state index contributed by atoms with van der Waals surface area (Å²) in [4.78, 5) is 37.0. The van der Waals surface area contributed by atoms with Gasteiger partial charge >= 0.3 is 11.8 Å². The highest BCUT2D eigenvalue weighted by Gasteiger charge is 2.39. The minimum Gasteiger partial charge on any atom is -0.494 e. The summed E-state index contributed by atoms with van der Waals surface area (Å²) in [5, 5.41) is 2.47. The predicted octanol–water partition coefficient (Wildman–Crippen LogP) is 0.509. The van der Waals surface area contributed by atoms with Crippen molar-refractivity contribution in [2.45, 2.75) is 38.3 Å². The second kappa shape index (κ2) is 7.12. The number of carbonyl (C=O) groups is 2. The third kappa shape index (κ3) is 3.33. The number of carbonyl (C=O) groups excluding carboxylic acids is 2. The van der Waals surface area contributed by atoms with Gasteiger partial charge in [-0.15, -0.1) is 0 Å². The molecule has 2 aliphatic rings. The summed E-state index contributed by atoms with van der Waals surface area (Å²) in [6, 6.07) is 0.455. The maximum Gasteiger partial charge on any atom is 0.316 e. The highest BCUT2D eigenvalue weighted by atomic mass is 16.5. The summed E-state index contributed by atoms with van der Waals surface area (Å²) in [5.74, 6) is -0.609. The van der Waals surface area contributed by atoms with Crippen molar-refractivity contribution in [1.82, 2.24) is 19.8 Å². The molecule has 0 saturated carbocycles. The number of amides is 2. The van der Waals surface area contributed by atoms with Crippen molar-refractivity contribution in [3.05, 3.63) is 12.4 Å². The maximum atomic E-state index is 12.6. The molecule has 1 aromatic heterocycles. The Morgan fingerprint density at radius 1 is 1.33 bits per heavy atom. The predicted molar refractivity (Wildman–Crippen MR) is 87.6 cm³/mol. The van der Waals surface area contributed by atoms with Crippen LogP contribution < -0.4 is 10.1 Å². The van der Waals surface area contributed by atoms with Crippen LogP contribution in [0.25, 0.3) is 0 Å². The molecular weight excluding hydrogens is 310 g/mol. The molecule has 24 heavy (non-hydrogen) atoms. The zero-order chi connectivity index (χ0) is 17.1. The van der Waals surface area contributed by atoms with Crippen LogP contribution in [0.15, 0.2) is 12.4 Å². The lowest BCUT2D eigenvalue weighted by molar-refractivity contribution is -0.147. The SMILES string of the molecule is CC[C@@H]1CN2CCC[C@H]2CN1C(=O)C(=O)Nc1ncc(OC)cn1. The van der Waals surface area contributed by atoms with Crippen molar-refractivity contribution in [2.75, 3.05) is 32.1 Å². The van der Waals surface area contributed by atoms with E-state index in [9.17, 15) is 9.59 Å². The van der Waals surface area contributed by atoms with Crippen LogP contribution in [0.4, 0.5) is 5.95 Å². The van der Waals surface area contributed by atoms with Crippen LogP contribution in [-0.2, 0) is 9.59 Å². The number of piperazine rings is 1. The van der Waals surface area contributed by atoms with Gasteiger partial charge in [-0.25, -0.2) is 9.97 Å². The smallest absolute Gasteiger partial charge is 0.316 e. The molecule has 1 aromatic rings. The van der Waals surface area contributed by atoms with E-state index in [0.29, 0.717) is 18.3 Å². The summed E-state index contributed by atoms with van der Waals surface area (Å²) in [5.41, 5.74) is 0. The standard InChI is InChI=1S/C16H23N5O3/c1-3-11-9-20-6-4-5-12(20)10-21(11)15(23)14(22)19-16-17-7-13(24-2)8-18-16/h7-8,11-12H,3-6,9-10H2,1-2H3,(H,17,18,19,22)/t11-,12+/m1/s1. The Morgan fingerprint density at radius 2 is 2.08 bits per heavy atom. The van der Waals surface area contributed by atoms with Crippen LogP contribution in [0.1, 0.15) is 26.2 Å². The lowest BCUT2D eigenvalue weighted by atomic mass is 10.0. The zero-order valence-electron chi connectivity index (χ0n) is 14.1. The Balaban J connectivity index is 1.66. The number of aromatic nitrogens is 2. The molecule has 0 aliphatic carbocycles. The highest BCUT2D eigenvalue weighted by Crippen LogP contribution is 2.26. The molecule has 130 valence electrons. The fraction of sp³-hybridized carbons (Fsp3) is 0.625. The Hall–Kier alpha value is -2.22. The van der Waals surface area contributed by atoms with Crippen LogP contribution in [0.5, 0.6) is 5.75 Å². The summed E-state index contributed by atoms with van der Waals surface area (Å²) in [7, 11) is 1.51. The number of fused-ring (bicyclic) bond motifs is 1. The highest BCUT2D eigenvalue weighted by molar-refractivity contribution is 6.39. The van der Waals surface area contributed by atoms with Crippen molar-refractivity contribution in [2.24, 2.45) is 0 Å². The van der Waals surface area contributed by atoms with Crippen LogP contribution in [-0.4, -0.2) is 70.4 Å². The molecule has 8 heteroatoms. The Kier molecular flexibility index (Phi) is 4.94. The Morgan fingerprint density at radius 3 is 2.75 bits per heavy atom. The minimum absolute atomic E-state index is 0.0781. The van der Waals surface area contributed by atoms with Gasteiger partial charge in [0.1, 0.15) is 0 Å². The van der Waals surface area contributed by atoms with Gasteiger partial charge in [-0.2, -0.15) is 0 Å². The summed E-state index contributed by atoms with van der Waals surface area (Å²) >= 11 is 0. The van der Waals surface area contributed by atoms with Gasteiger partial charge in [-0.1, -0.05) is 6.92 Å². The van der Waals surface area contributed by atoms with Gasteiger partial charge in [0.05, 0.1) is 19.5 Å². The monoisotopic (exact) mass is 333 g/mol. The molecule has 1 N–H and O–H groups in total. The molecule has 3 rings (SSSR count). The van der Waals surface area contributed by atoms with Gasteiger partial charge in [0, 0.05) is 25.2 Å². The molecule has 0 bridgehead atoms. The summed E-state index contributed by atoms with van der Waals surface area (Å²) in [6.07, 6.45) is 5.97. The van der Waals surface area contributed by atoms with Crippen molar-refractivity contribution >= 4 is 17.8 Å². The average molecular weight is 333 g/mol. The second-order valence-corrected chi connectivity index (χ2v) is 6.21. The first-order valence-corrected chi connectivity index (χ1v) is 8.34. The van der Waals surface area contributed by atoms with E-state index in [0.717, 1.165) is 32.4 Å². The summed E-state index contributed by atoms with van der Waals surface area (Å²) in [6.45, 7) is 4.61. The molecule has 0 spiro atoms. The molecule has 2 atom stereocenters. The number of nitrogens with zero attached hydrogens (tertiary/aromatic N) is 4. The molecule has 2 aliphatic heterocycles. The Bertz CT molecular complexity index is 606. The third-order valence-corrected chi connectivity index (χ3v) is 4.81. The first-order chi connectivity index (χ1) is 11.6. The number of hydrogen-bond acceptors (Lipinski definition) is 6. The Labute approximate surface area is 141 Å². The molecular formula is C16H23N5O3. The van der Waals surface area contributed by atoms with Crippen molar-refractivity contribution < 1.29 is 14.3 Å². The minimum atomic E-state index is -0.690. The van der Waals surface area contributed by atoms with Crippen LogP contribution in [0.3, 0.4) is 0 Å².